The van der Waals surface area contributed by atoms with E-state index in [1.54, 1.807) is 0 Å². The summed E-state index contributed by atoms with van der Waals surface area (Å²) in [5, 5.41) is 29.5. The van der Waals surface area contributed by atoms with Crippen LogP contribution in [0.2, 0.25) is 10.0 Å². The first-order valence-corrected chi connectivity index (χ1v) is 10.3. The largest absolute Gasteiger partial charge is 0.486 e. The topological polar surface area (TPSA) is 111 Å². The number of aliphatic hydroxyl groups excluding tert-OH is 1. The molecular formula is C18H16Cl2N2O5S. The van der Waals surface area contributed by atoms with Crippen LogP contribution in [-0.2, 0) is 10.0 Å². The van der Waals surface area contributed by atoms with Gasteiger partial charge < -0.3 is 14.9 Å². The summed E-state index contributed by atoms with van der Waals surface area (Å²) in [6.07, 6.45) is -1.02. The zero-order chi connectivity index (χ0) is 20.5. The number of rotatable bonds is 5. The molecule has 1 heterocycles. The molecule has 0 aliphatic carbocycles. The lowest BCUT2D eigenvalue weighted by atomic mass is 10.0. The second kappa shape index (κ2) is 7.87. The average molecular weight is 443 g/mol. The van der Waals surface area contributed by atoms with E-state index in [1.807, 2.05) is 6.07 Å². The van der Waals surface area contributed by atoms with Gasteiger partial charge in [0, 0.05) is 11.6 Å². The Kier molecular flexibility index (Phi) is 5.87. The average Bonchev–Trinajstić information content (AvgIpc) is 3.00. The van der Waals surface area contributed by atoms with E-state index in [0.717, 1.165) is 4.31 Å². The van der Waals surface area contributed by atoms with Crippen LogP contribution in [0.5, 0.6) is 5.75 Å². The minimum absolute atomic E-state index is 0.0449. The Balaban J connectivity index is 1.87. The summed E-state index contributed by atoms with van der Waals surface area (Å²) >= 11 is 11.9. The lowest BCUT2D eigenvalue weighted by molar-refractivity contribution is -0.0640. The first-order chi connectivity index (χ1) is 13.2. The zero-order valence-electron chi connectivity index (χ0n) is 14.4. The maximum absolute atomic E-state index is 13.0. The number of aliphatic hydroxyl groups is 2. The minimum atomic E-state index is -4.05. The molecule has 28 heavy (non-hydrogen) atoms. The van der Waals surface area contributed by atoms with Gasteiger partial charge >= 0.3 is 0 Å². The van der Waals surface area contributed by atoms with Crippen molar-refractivity contribution in [3.8, 4) is 11.8 Å². The highest BCUT2D eigenvalue weighted by Gasteiger charge is 2.51. The van der Waals surface area contributed by atoms with E-state index >= 15 is 0 Å². The third-order valence-corrected chi connectivity index (χ3v) is 7.00. The molecule has 3 rings (SSSR count). The van der Waals surface area contributed by atoms with Crippen molar-refractivity contribution < 1.29 is 23.4 Å². The second-order valence-electron chi connectivity index (χ2n) is 6.38. The second-order valence-corrected chi connectivity index (χ2v) is 9.13. The highest BCUT2D eigenvalue weighted by Crippen LogP contribution is 2.33. The van der Waals surface area contributed by atoms with Gasteiger partial charge in [0.25, 0.3) is 0 Å². The Bertz CT molecular complexity index is 1020. The summed E-state index contributed by atoms with van der Waals surface area (Å²) < 4.78 is 32.7. The van der Waals surface area contributed by atoms with Crippen LogP contribution >= 0.6 is 23.2 Å². The number of nitriles is 1. The molecule has 148 valence electrons. The molecule has 1 saturated heterocycles. The quantitative estimate of drug-likeness (QED) is 0.732. The van der Waals surface area contributed by atoms with Gasteiger partial charge in [-0.25, -0.2) is 8.42 Å². The van der Waals surface area contributed by atoms with Crippen molar-refractivity contribution in [2.24, 2.45) is 0 Å². The highest BCUT2D eigenvalue weighted by atomic mass is 35.5. The van der Waals surface area contributed by atoms with E-state index in [-0.39, 0.29) is 23.0 Å². The minimum Gasteiger partial charge on any atom is -0.486 e. The Labute approximate surface area is 172 Å². The Morgan fingerprint density at radius 3 is 2.50 bits per heavy atom. The number of sulfonamides is 1. The number of β-amino-alcohol motifs (C(OH)–C–C–N with tert-alkyl or cyclic N) is 1. The molecule has 0 unspecified atom stereocenters. The maximum Gasteiger partial charge on any atom is 0.244 e. The van der Waals surface area contributed by atoms with Gasteiger partial charge in [-0.2, -0.15) is 9.57 Å². The number of benzene rings is 2. The van der Waals surface area contributed by atoms with Crippen LogP contribution in [0, 0.1) is 11.3 Å². The molecule has 2 aromatic carbocycles. The molecule has 7 nitrogen and oxygen atoms in total. The van der Waals surface area contributed by atoms with E-state index in [9.17, 15) is 18.6 Å². The van der Waals surface area contributed by atoms with Gasteiger partial charge in [-0.3, -0.25) is 0 Å². The van der Waals surface area contributed by atoms with Crippen LogP contribution in [0.3, 0.4) is 0 Å². The van der Waals surface area contributed by atoms with E-state index in [1.165, 1.54) is 42.5 Å². The van der Waals surface area contributed by atoms with Gasteiger partial charge in [0.15, 0.2) is 0 Å². The molecule has 1 aliphatic heterocycles. The molecule has 0 radical (unpaired) electrons. The summed E-state index contributed by atoms with van der Waals surface area (Å²) in [4.78, 5) is -0.155. The maximum atomic E-state index is 13.0. The van der Waals surface area contributed by atoms with Crippen LogP contribution < -0.4 is 4.74 Å². The third kappa shape index (κ3) is 3.96. The van der Waals surface area contributed by atoms with Gasteiger partial charge in [-0.1, -0.05) is 23.2 Å². The number of hydrogen-bond acceptors (Lipinski definition) is 6. The fourth-order valence-electron chi connectivity index (χ4n) is 2.90. The summed E-state index contributed by atoms with van der Waals surface area (Å²) in [6, 6.07) is 12.1. The first kappa shape index (κ1) is 20.9. The molecule has 0 spiro atoms. The van der Waals surface area contributed by atoms with Gasteiger partial charge in [0.05, 0.1) is 29.8 Å². The molecule has 1 fully saturated rings. The van der Waals surface area contributed by atoms with Crippen LogP contribution in [0.4, 0.5) is 0 Å². The summed E-state index contributed by atoms with van der Waals surface area (Å²) in [5.74, 6) is 0.333. The number of halogens is 2. The molecule has 0 aromatic heterocycles. The van der Waals surface area contributed by atoms with Gasteiger partial charge in [-0.15, -0.1) is 0 Å². The number of ether oxygens (including phenoxy) is 1. The van der Waals surface area contributed by atoms with Gasteiger partial charge in [0.1, 0.15) is 22.4 Å². The monoisotopic (exact) mass is 442 g/mol. The van der Waals surface area contributed by atoms with Crippen molar-refractivity contribution in [2.75, 3.05) is 19.7 Å². The first-order valence-electron chi connectivity index (χ1n) is 8.15. The van der Waals surface area contributed by atoms with E-state index < -0.39 is 28.3 Å². The SMILES string of the molecule is N#Cc1ccc(O[C@H]2CN(S(=O)(=O)c3ccc(Cl)cc3Cl)C[C@@]2(O)CO)cc1. The van der Waals surface area contributed by atoms with Gasteiger partial charge in [-0.05, 0) is 42.5 Å². The zero-order valence-corrected chi connectivity index (χ0v) is 16.7. The summed E-state index contributed by atoms with van der Waals surface area (Å²) in [6.45, 7) is -1.27. The molecule has 2 atom stereocenters. The predicted molar refractivity (Wildman–Crippen MR) is 103 cm³/mol. The molecule has 2 N–H and O–H groups in total. The Hall–Kier alpha value is -1.86. The van der Waals surface area contributed by atoms with E-state index in [0.29, 0.717) is 16.3 Å². The van der Waals surface area contributed by atoms with Crippen LogP contribution in [0.25, 0.3) is 0 Å². The van der Waals surface area contributed by atoms with Crippen molar-refractivity contribution in [3.63, 3.8) is 0 Å². The molecule has 10 heteroatoms. The van der Waals surface area contributed by atoms with Crippen LogP contribution in [0.1, 0.15) is 5.56 Å². The predicted octanol–water partition coefficient (Wildman–Crippen LogP) is 2.04. The Morgan fingerprint density at radius 2 is 1.93 bits per heavy atom. The number of hydrogen-bond donors (Lipinski definition) is 2. The molecule has 0 bridgehead atoms. The standard InChI is InChI=1S/C18H16Cl2N2O5S/c19-13-3-6-16(15(20)7-13)28(25,26)22-9-17(18(24,10-22)11-23)27-14-4-1-12(8-21)2-5-14/h1-7,17,23-24H,9-11H2/t17-,18+/m0/s1. The van der Waals surface area contributed by atoms with Crippen molar-refractivity contribution in [1.29, 1.82) is 5.26 Å². The smallest absolute Gasteiger partial charge is 0.244 e. The van der Waals surface area contributed by atoms with Crippen molar-refractivity contribution in [1.82, 2.24) is 4.31 Å². The lowest BCUT2D eigenvalue weighted by Crippen LogP contribution is -2.48. The molecule has 0 amide bonds. The molecule has 2 aromatic rings. The van der Waals surface area contributed by atoms with Crippen molar-refractivity contribution in [3.05, 3.63) is 58.1 Å². The summed E-state index contributed by atoms with van der Waals surface area (Å²) in [5.41, 5.74) is -1.38. The highest BCUT2D eigenvalue weighted by molar-refractivity contribution is 7.89. The fraction of sp³-hybridized carbons (Fsp3) is 0.278. The van der Waals surface area contributed by atoms with E-state index in [4.69, 9.17) is 33.2 Å². The van der Waals surface area contributed by atoms with Crippen molar-refractivity contribution >= 4 is 33.2 Å². The molecule has 0 saturated carbocycles. The summed E-state index contributed by atoms with van der Waals surface area (Å²) in [7, 11) is -4.05. The number of nitrogens with zero attached hydrogens (tertiary/aromatic N) is 2. The normalized spacial score (nSPS) is 22.8. The molecule has 1 aliphatic rings. The van der Waals surface area contributed by atoms with Gasteiger partial charge in [0.2, 0.25) is 10.0 Å². The fourth-order valence-corrected chi connectivity index (χ4v) is 5.15. The van der Waals surface area contributed by atoms with Crippen molar-refractivity contribution in [2.45, 2.75) is 16.6 Å². The Morgan fingerprint density at radius 1 is 1.25 bits per heavy atom. The third-order valence-electron chi connectivity index (χ3n) is 4.47. The van der Waals surface area contributed by atoms with E-state index in [2.05, 4.69) is 0 Å². The molecular weight excluding hydrogens is 427 g/mol. The van der Waals surface area contributed by atoms with Crippen LogP contribution in [0.15, 0.2) is 47.4 Å². The van der Waals surface area contributed by atoms with Crippen LogP contribution in [-0.4, -0.2) is 54.3 Å². The lowest BCUT2D eigenvalue weighted by Gasteiger charge is -2.27.